The fourth-order valence-corrected chi connectivity index (χ4v) is 3.24. The summed E-state index contributed by atoms with van der Waals surface area (Å²) in [5.74, 6) is -0.0540. The molecule has 0 unspecified atom stereocenters. The topological polar surface area (TPSA) is 55.3 Å². The number of carbonyl (C=O) groups excluding carboxylic acids is 1. The Balaban J connectivity index is 1.47. The van der Waals surface area contributed by atoms with E-state index in [1.807, 2.05) is 12.1 Å². The molecule has 0 radical (unpaired) electrons. The number of ether oxygens (including phenoxy) is 1. The molecule has 2 aromatic rings. The van der Waals surface area contributed by atoms with Crippen molar-refractivity contribution in [1.29, 1.82) is 0 Å². The van der Waals surface area contributed by atoms with Crippen LogP contribution in [0.5, 0.6) is 0 Å². The first-order valence-corrected chi connectivity index (χ1v) is 8.84. The number of amides is 1. The lowest BCUT2D eigenvalue weighted by atomic mass is 10.1. The molecule has 1 amide bonds. The number of piperidine rings is 1. The van der Waals surface area contributed by atoms with Crippen molar-refractivity contribution in [3.05, 3.63) is 44.9 Å². The molecule has 0 bridgehead atoms. The predicted octanol–water partition coefficient (Wildman–Crippen LogP) is 3.67. The molecule has 1 aromatic heterocycles. The fraction of sp³-hybridized carbons (Fsp3) is 0.400. The zero-order chi connectivity index (χ0) is 16.2. The van der Waals surface area contributed by atoms with Crippen LogP contribution in [0.3, 0.4) is 0 Å². The van der Waals surface area contributed by atoms with E-state index in [1.165, 1.54) is 11.5 Å². The molecule has 0 saturated carbocycles. The van der Waals surface area contributed by atoms with E-state index in [4.69, 9.17) is 27.9 Å². The van der Waals surface area contributed by atoms with Gasteiger partial charge in [-0.25, -0.2) is 0 Å². The second kappa shape index (κ2) is 7.57. The Labute approximate surface area is 148 Å². The molecule has 1 aromatic carbocycles. The van der Waals surface area contributed by atoms with Gasteiger partial charge in [0.05, 0.1) is 22.8 Å². The van der Waals surface area contributed by atoms with Crippen molar-refractivity contribution >= 4 is 40.6 Å². The van der Waals surface area contributed by atoms with E-state index in [2.05, 4.69) is 9.59 Å². The van der Waals surface area contributed by atoms with Crippen LogP contribution in [-0.4, -0.2) is 39.6 Å². The van der Waals surface area contributed by atoms with Gasteiger partial charge in [-0.3, -0.25) is 4.79 Å². The van der Waals surface area contributed by atoms with Crippen LogP contribution in [-0.2, 0) is 11.3 Å². The molecule has 1 saturated heterocycles. The van der Waals surface area contributed by atoms with Gasteiger partial charge >= 0.3 is 0 Å². The van der Waals surface area contributed by atoms with Crippen LogP contribution in [0.4, 0.5) is 0 Å². The molecule has 5 nitrogen and oxygen atoms in total. The van der Waals surface area contributed by atoms with Gasteiger partial charge < -0.3 is 9.64 Å². The van der Waals surface area contributed by atoms with E-state index < -0.39 is 0 Å². The number of halogens is 2. The fourth-order valence-electron chi connectivity index (χ4n) is 2.49. The lowest BCUT2D eigenvalue weighted by Crippen LogP contribution is -2.41. The summed E-state index contributed by atoms with van der Waals surface area (Å²) < 4.78 is 9.65. The van der Waals surface area contributed by atoms with Gasteiger partial charge in [-0.05, 0) is 42.1 Å². The maximum absolute atomic E-state index is 12.2. The highest BCUT2D eigenvalue weighted by atomic mass is 35.5. The smallest absolute Gasteiger partial charge is 0.275 e. The minimum atomic E-state index is -0.0540. The predicted molar refractivity (Wildman–Crippen MR) is 90.1 cm³/mol. The van der Waals surface area contributed by atoms with Crippen molar-refractivity contribution in [3.8, 4) is 0 Å². The molecule has 2 heterocycles. The first-order valence-electron chi connectivity index (χ1n) is 7.25. The van der Waals surface area contributed by atoms with E-state index in [1.54, 1.807) is 16.3 Å². The van der Waals surface area contributed by atoms with E-state index in [-0.39, 0.29) is 12.0 Å². The molecule has 0 aliphatic carbocycles. The van der Waals surface area contributed by atoms with Gasteiger partial charge in [-0.2, -0.15) is 0 Å². The summed E-state index contributed by atoms with van der Waals surface area (Å²) in [4.78, 5) is 14.0. The van der Waals surface area contributed by atoms with E-state index in [0.29, 0.717) is 35.4 Å². The van der Waals surface area contributed by atoms with Crippen molar-refractivity contribution in [2.45, 2.75) is 25.6 Å². The summed E-state index contributed by atoms with van der Waals surface area (Å²) in [6.07, 6.45) is 1.76. The summed E-state index contributed by atoms with van der Waals surface area (Å²) in [6, 6.07) is 5.49. The molecule has 3 rings (SSSR count). The van der Waals surface area contributed by atoms with Gasteiger partial charge in [0.15, 0.2) is 5.69 Å². The van der Waals surface area contributed by atoms with Gasteiger partial charge in [-0.15, -0.1) is 5.10 Å². The molecule has 122 valence electrons. The summed E-state index contributed by atoms with van der Waals surface area (Å²) >= 11 is 13.1. The number of nitrogens with zero attached hydrogens (tertiary/aromatic N) is 3. The second-order valence-corrected chi connectivity index (χ2v) is 6.77. The van der Waals surface area contributed by atoms with Crippen LogP contribution in [0.25, 0.3) is 0 Å². The van der Waals surface area contributed by atoms with Gasteiger partial charge in [0.25, 0.3) is 5.91 Å². The number of likely N-dealkylation sites (tertiary alicyclic amines) is 1. The summed E-state index contributed by atoms with van der Waals surface area (Å²) in [5, 5.41) is 6.57. The first-order chi connectivity index (χ1) is 11.1. The minimum Gasteiger partial charge on any atom is -0.373 e. The van der Waals surface area contributed by atoms with Gasteiger partial charge in [0.2, 0.25) is 0 Å². The Hall–Kier alpha value is -1.21. The second-order valence-electron chi connectivity index (χ2n) is 5.34. The number of benzene rings is 1. The number of hydrogen-bond acceptors (Lipinski definition) is 5. The maximum Gasteiger partial charge on any atom is 0.275 e. The van der Waals surface area contributed by atoms with Crippen molar-refractivity contribution in [3.63, 3.8) is 0 Å². The van der Waals surface area contributed by atoms with Crippen molar-refractivity contribution < 1.29 is 9.53 Å². The Bertz CT molecular complexity index is 673. The zero-order valence-corrected chi connectivity index (χ0v) is 14.6. The van der Waals surface area contributed by atoms with E-state index in [9.17, 15) is 4.79 Å². The Morgan fingerprint density at radius 2 is 2.09 bits per heavy atom. The summed E-state index contributed by atoms with van der Waals surface area (Å²) in [7, 11) is 0. The average Bonchev–Trinajstić information content (AvgIpc) is 3.10. The lowest BCUT2D eigenvalue weighted by molar-refractivity contribution is -0.000505. The third-order valence-electron chi connectivity index (χ3n) is 3.78. The van der Waals surface area contributed by atoms with Gasteiger partial charge in [0, 0.05) is 18.5 Å². The van der Waals surface area contributed by atoms with Crippen LogP contribution in [0.2, 0.25) is 10.0 Å². The number of rotatable bonds is 4. The minimum absolute atomic E-state index is 0.0540. The van der Waals surface area contributed by atoms with Crippen molar-refractivity contribution in [2.75, 3.05) is 13.1 Å². The summed E-state index contributed by atoms with van der Waals surface area (Å²) in [5.41, 5.74) is 1.41. The number of hydrogen-bond donors (Lipinski definition) is 0. The van der Waals surface area contributed by atoms with Crippen LogP contribution >= 0.6 is 34.7 Å². The Kier molecular flexibility index (Phi) is 5.48. The van der Waals surface area contributed by atoms with Crippen LogP contribution in [0.15, 0.2) is 23.6 Å². The van der Waals surface area contributed by atoms with Gasteiger partial charge in [0.1, 0.15) is 0 Å². The molecule has 0 spiro atoms. The third-order valence-corrected chi connectivity index (χ3v) is 5.02. The maximum atomic E-state index is 12.2. The Morgan fingerprint density at radius 3 is 2.74 bits per heavy atom. The molecule has 8 heteroatoms. The van der Waals surface area contributed by atoms with E-state index in [0.717, 1.165) is 18.4 Å². The lowest BCUT2D eigenvalue weighted by Gasteiger charge is -2.31. The largest absolute Gasteiger partial charge is 0.373 e. The molecular formula is C15H15Cl2N3O2S. The SMILES string of the molecule is O=C(c1csnn1)N1CCC(OCc2ccc(Cl)c(Cl)c2)CC1. The molecular weight excluding hydrogens is 357 g/mol. The normalized spacial score (nSPS) is 15.8. The molecule has 1 fully saturated rings. The quantitative estimate of drug-likeness (QED) is 0.822. The highest BCUT2D eigenvalue weighted by molar-refractivity contribution is 7.03. The molecule has 1 aliphatic heterocycles. The molecule has 1 aliphatic rings. The third kappa shape index (κ3) is 4.20. The Morgan fingerprint density at radius 1 is 1.30 bits per heavy atom. The highest BCUT2D eigenvalue weighted by Crippen LogP contribution is 2.24. The van der Waals surface area contributed by atoms with Crippen molar-refractivity contribution in [2.24, 2.45) is 0 Å². The first kappa shape index (κ1) is 16.6. The van der Waals surface area contributed by atoms with Crippen molar-refractivity contribution in [1.82, 2.24) is 14.5 Å². The monoisotopic (exact) mass is 371 g/mol. The van der Waals surface area contributed by atoms with Crippen LogP contribution < -0.4 is 0 Å². The van der Waals surface area contributed by atoms with Crippen LogP contribution in [0, 0.1) is 0 Å². The standard InChI is InChI=1S/C15H15Cl2N3O2S/c16-12-2-1-10(7-13(12)17)8-22-11-3-5-20(6-4-11)15(21)14-9-23-19-18-14/h1-2,7,9,11H,3-6,8H2. The molecule has 0 N–H and O–H groups in total. The number of aromatic nitrogens is 2. The summed E-state index contributed by atoms with van der Waals surface area (Å²) in [6.45, 7) is 1.83. The van der Waals surface area contributed by atoms with E-state index >= 15 is 0 Å². The van der Waals surface area contributed by atoms with Gasteiger partial charge in [-0.1, -0.05) is 33.8 Å². The molecule has 0 atom stereocenters. The zero-order valence-electron chi connectivity index (χ0n) is 12.2. The molecule has 23 heavy (non-hydrogen) atoms. The number of carbonyl (C=O) groups is 1. The average molecular weight is 372 g/mol. The highest BCUT2D eigenvalue weighted by Gasteiger charge is 2.25. The van der Waals surface area contributed by atoms with Crippen LogP contribution in [0.1, 0.15) is 28.9 Å².